The molecule has 0 aliphatic heterocycles. The number of primary amides is 1. The van der Waals surface area contributed by atoms with Gasteiger partial charge in [0, 0.05) is 16.2 Å². The monoisotopic (exact) mass is 580 g/mol. The highest BCUT2D eigenvalue weighted by molar-refractivity contribution is 9.10. The number of aromatic nitrogens is 1. The number of pyridine rings is 1. The maximum Gasteiger partial charge on any atom is 0.408 e. The fourth-order valence-electron chi connectivity index (χ4n) is 3.74. The number of amides is 3. The first-order valence-electron chi connectivity index (χ1n) is 12.0. The normalized spacial score (nSPS) is 12.2. The second-order valence-electron chi connectivity index (χ2n) is 8.67. The van der Waals surface area contributed by atoms with Crippen molar-refractivity contribution in [2.75, 3.05) is 11.4 Å². The van der Waals surface area contributed by atoms with Crippen molar-refractivity contribution in [2.24, 2.45) is 11.7 Å². The Labute approximate surface area is 229 Å². The summed E-state index contributed by atoms with van der Waals surface area (Å²) in [6.45, 7) is 3.19. The highest BCUT2D eigenvalue weighted by atomic mass is 79.9. The fourth-order valence-corrected chi connectivity index (χ4v) is 4.10. The number of carbonyl (C=O) groups is 4. The van der Waals surface area contributed by atoms with Crippen LogP contribution < -0.4 is 16.0 Å². The number of nitrogens with zero attached hydrogens (tertiary/aromatic N) is 2. The second kappa shape index (κ2) is 13.5. The Morgan fingerprint density at radius 3 is 2.39 bits per heavy atom. The summed E-state index contributed by atoms with van der Waals surface area (Å²) < 4.78 is 5.92. The summed E-state index contributed by atoms with van der Waals surface area (Å²) in [6, 6.07) is 17.7. The molecule has 0 aliphatic rings. The number of rotatable bonds is 11. The van der Waals surface area contributed by atoms with Crippen LogP contribution in [0.1, 0.15) is 41.9 Å². The average molecular weight is 581 g/mol. The van der Waals surface area contributed by atoms with E-state index in [1.807, 2.05) is 37.3 Å². The van der Waals surface area contributed by atoms with Crippen molar-refractivity contribution in [1.29, 1.82) is 0 Å². The van der Waals surface area contributed by atoms with Gasteiger partial charge in [-0.1, -0.05) is 72.6 Å². The van der Waals surface area contributed by atoms with Crippen molar-refractivity contribution in [1.82, 2.24) is 10.3 Å². The molecule has 2 atom stereocenters. The lowest BCUT2D eigenvalue weighted by Crippen LogP contribution is -2.54. The number of alkyl carbamates (subject to hydrolysis) is 1. The number of ketones is 1. The molecule has 3 rings (SSSR count). The molecule has 0 spiro atoms. The Bertz CT molecular complexity index is 1290. The van der Waals surface area contributed by atoms with E-state index in [4.69, 9.17) is 10.5 Å². The van der Waals surface area contributed by atoms with Crippen LogP contribution in [-0.2, 0) is 20.9 Å². The van der Waals surface area contributed by atoms with Gasteiger partial charge in [-0.05, 0) is 41.8 Å². The predicted molar refractivity (Wildman–Crippen MR) is 146 cm³/mol. The maximum absolute atomic E-state index is 13.9. The van der Waals surface area contributed by atoms with Gasteiger partial charge in [0.25, 0.3) is 0 Å². The van der Waals surface area contributed by atoms with Gasteiger partial charge >= 0.3 is 6.09 Å². The van der Waals surface area contributed by atoms with Gasteiger partial charge in [-0.3, -0.25) is 19.4 Å². The third kappa shape index (κ3) is 7.48. The van der Waals surface area contributed by atoms with Crippen LogP contribution in [0.15, 0.2) is 77.4 Å². The summed E-state index contributed by atoms with van der Waals surface area (Å²) in [6.07, 6.45) is 1.24. The van der Waals surface area contributed by atoms with Crippen LogP contribution in [0.2, 0.25) is 0 Å². The summed E-state index contributed by atoms with van der Waals surface area (Å²) in [5.41, 5.74) is 6.77. The molecule has 0 fully saturated rings. The Morgan fingerprint density at radius 2 is 1.76 bits per heavy atom. The lowest BCUT2D eigenvalue weighted by atomic mass is 9.96. The van der Waals surface area contributed by atoms with Crippen molar-refractivity contribution in [3.63, 3.8) is 0 Å². The summed E-state index contributed by atoms with van der Waals surface area (Å²) in [7, 11) is 0. The Balaban J connectivity index is 1.94. The number of carbonyl (C=O) groups excluding carboxylic acids is 4. The molecule has 10 heteroatoms. The Hall–Kier alpha value is -4.05. The first-order valence-corrected chi connectivity index (χ1v) is 12.8. The molecule has 0 unspecified atom stereocenters. The maximum atomic E-state index is 13.9. The average Bonchev–Trinajstić information content (AvgIpc) is 2.93. The number of halogens is 1. The molecule has 0 saturated carbocycles. The largest absolute Gasteiger partial charge is 0.445 e. The van der Waals surface area contributed by atoms with E-state index in [2.05, 4.69) is 26.2 Å². The van der Waals surface area contributed by atoms with Crippen LogP contribution >= 0.6 is 15.9 Å². The molecule has 3 aromatic rings. The van der Waals surface area contributed by atoms with Gasteiger partial charge in [0.2, 0.25) is 17.6 Å². The molecule has 0 radical (unpaired) electrons. The van der Waals surface area contributed by atoms with Crippen molar-refractivity contribution in [2.45, 2.75) is 32.9 Å². The van der Waals surface area contributed by atoms with Gasteiger partial charge in [-0.25, -0.2) is 4.79 Å². The van der Waals surface area contributed by atoms with Crippen molar-refractivity contribution < 1.29 is 23.9 Å². The van der Waals surface area contributed by atoms with E-state index in [9.17, 15) is 19.2 Å². The molecule has 9 nitrogen and oxygen atoms in total. The van der Waals surface area contributed by atoms with E-state index < -0.39 is 36.3 Å². The number of anilines is 1. The second-order valence-corrected chi connectivity index (χ2v) is 9.58. The summed E-state index contributed by atoms with van der Waals surface area (Å²) in [5.74, 6) is -2.16. The number of benzene rings is 2. The number of nitrogens with one attached hydrogen (secondary N) is 1. The molecule has 38 heavy (non-hydrogen) atoms. The minimum absolute atomic E-state index is 0.0223. The van der Waals surface area contributed by atoms with Crippen LogP contribution in [0.4, 0.5) is 10.5 Å². The zero-order chi connectivity index (χ0) is 27.7. The molecular weight excluding hydrogens is 552 g/mol. The molecular formula is C28H29BrN4O5. The molecule has 0 bridgehead atoms. The molecule has 0 aliphatic carbocycles. The van der Waals surface area contributed by atoms with Gasteiger partial charge in [0.15, 0.2) is 0 Å². The number of hydrogen-bond acceptors (Lipinski definition) is 6. The molecule has 3 amide bonds. The molecule has 1 aromatic heterocycles. The molecule has 198 valence electrons. The Kier molecular flexibility index (Phi) is 10.1. The smallest absolute Gasteiger partial charge is 0.408 e. The molecule has 1 heterocycles. The summed E-state index contributed by atoms with van der Waals surface area (Å²) in [4.78, 5) is 57.2. The Morgan fingerprint density at radius 1 is 1.05 bits per heavy atom. The fraction of sp³-hybridized carbons (Fsp3) is 0.250. The first-order chi connectivity index (χ1) is 18.2. The van der Waals surface area contributed by atoms with E-state index in [1.54, 1.807) is 43.3 Å². The minimum atomic E-state index is -1.05. The predicted octanol–water partition coefficient (Wildman–Crippen LogP) is 4.23. The first kappa shape index (κ1) is 28.5. The van der Waals surface area contributed by atoms with E-state index in [0.29, 0.717) is 10.9 Å². The van der Waals surface area contributed by atoms with Gasteiger partial charge in [0.05, 0.1) is 5.69 Å². The lowest BCUT2D eigenvalue weighted by molar-refractivity contribution is -0.124. The molecule has 3 N–H and O–H groups in total. The third-order valence-corrected chi connectivity index (χ3v) is 6.43. The van der Waals surface area contributed by atoms with E-state index in [-0.39, 0.29) is 29.5 Å². The molecule has 2 aromatic carbocycles. The van der Waals surface area contributed by atoms with Crippen molar-refractivity contribution >= 4 is 45.3 Å². The topological polar surface area (TPSA) is 132 Å². The third-order valence-electron chi connectivity index (χ3n) is 5.94. The van der Waals surface area contributed by atoms with E-state index in [1.165, 1.54) is 6.20 Å². The van der Waals surface area contributed by atoms with Crippen LogP contribution in [0.5, 0.6) is 0 Å². The van der Waals surface area contributed by atoms with Crippen molar-refractivity contribution in [3.05, 3.63) is 94.2 Å². The summed E-state index contributed by atoms with van der Waals surface area (Å²) in [5, 5.41) is 2.64. The highest BCUT2D eigenvalue weighted by Gasteiger charge is 2.34. The van der Waals surface area contributed by atoms with Gasteiger partial charge in [-0.2, -0.15) is 0 Å². The van der Waals surface area contributed by atoms with Crippen molar-refractivity contribution in [3.8, 4) is 0 Å². The van der Waals surface area contributed by atoms with Gasteiger partial charge in [0.1, 0.15) is 24.9 Å². The standard InChI is InChI=1S/C28H29BrN4O5/c1-3-18(2)25(32-28(37)38-17-19-9-5-4-6-10-19)27(36)33(16-24(30)34)23-13-12-20(29)15-21(23)26(35)22-11-7-8-14-31-22/h4-15,18,25H,3,16-17H2,1-2H3,(H2,30,34)(H,32,37)/t18-,25-/m0/s1. The lowest BCUT2D eigenvalue weighted by Gasteiger charge is -2.31. The number of ether oxygens (including phenoxy) is 1. The summed E-state index contributed by atoms with van der Waals surface area (Å²) >= 11 is 3.37. The van der Waals surface area contributed by atoms with Gasteiger partial charge in [-0.15, -0.1) is 0 Å². The van der Waals surface area contributed by atoms with Crippen LogP contribution in [0.3, 0.4) is 0 Å². The number of hydrogen-bond donors (Lipinski definition) is 2. The quantitative estimate of drug-likeness (QED) is 0.326. The highest BCUT2D eigenvalue weighted by Crippen LogP contribution is 2.28. The molecule has 0 saturated heterocycles. The van der Waals surface area contributed by atoms with E-state index in [0.717, 1.165) is 10.5 Å². The van der Waals surface area contributed by atoms with E-state index >= 15 is 0 Å². The van der Waals surface area contributed by atoms with Gasteiger partial charge < -0.3 is 20.7 Å². The minimum Gasteiger partial charge on any atom is -0.445 e. The number of nitrogens with two attached hydrogens (primary N) is 1. The van der Waals surface area contributed by atoms with Crippen LogP contribution in [0, 0.1) is 5.92 Å². The van der Waals surface area contributed by atoms with Crippen LogP contribution in [0.25, 0.3) is 0 Å². The zero-order valence-electron chi connectivity index (χ0n) is 21.1. The van der Waals surface area contributed by atoms with Crippen LogP contribution in [-0.4, -0.2) is 41.3 Å². The zero-order valence-corrected chi connectivity index (χ0v) is 22.7. The SMILES string of the molecule is CC[C@H](C)[C@H](NC(=O)OCc1ccccc1)C(=O)N(CC(N)=O)c1ccc(Br)cc1C(=O)c1ccccn1.